The van der Waals surface area contributed by atoms with Crippen molar-refractivity contribution in [2.75, 3.05) is 5.73 Å². The molecule has 0 radical (unpaired) electrons. The van der Waals surface area contributed by atoms with E-state index in [2.05, 4.69) is 22.4 Å². The van der Waals surface area contributed by atoms with E-state index in [1.165, 1.54) is 19.3 Å². The molecule has 0 aliphatic heterocycles. The molecule has 5 heteroatoms. The molecule has 2 N–H and O–H groups in total. The smallest absolute Gasteiger partial charge is 0.182 e. The molecule has 2 aromatic rings. The third kappa shape index (κ3) is 2.64. The number of rotatable bonds is 3. The average molecular weight is 285 g/mol. The van der Waals surface area contributed by atoms with Crippen LogP contribution in [0.3, 0.4) is 0 Å². The summed E-state index contributed by atoms with van der Waals surface area (Å²) >= 11 is 0. The van der Waals surface area contributed by atoms with Gasteiger partial charge in [-0.2, -0.15) is 0 Å². The first kappa shape index (κ1) is 14.0. The van der Waals surface area contributed by atoms with E-state index in [0.717, 1.165) is 41.4 Å². The van der Waals surface area contributed by atoms with Crippen LogP contribution < -0.4 is 5.73 Å². The minimum absolute atomic E-state index is 0.415. The Balaban J connectivity index is 1.90. The van der Waals surface area contributed by atoms with Crippen molar-refractivity contribution in [3.63, 3.8) is 0 Å². The van der Waals surface area contributed by atoms with Crippen LogP contribution in [0.5, 0.6) is 0 Å². The van der Waals surface area contributed by atoms with Crippen LogP contribution in [-0.2, 0) is 0 Å². The van der Waals surface area contributed by atoms with Crippen LogP contribution in [0.4, 0.5) is 5.69 Å². The number of aromatic nitrogens is 4. The van der Waals surface area contributed by atoms with E-state index in [0.29, 0.717) is 6.04 Å². The number of nitrogens with two attached hydrogens (primary N) is 1. The second-order valence-corrected chi connectivity index (χ2v) is 6.05. The standard InChI is InChI=1S/C16H23N5/c1-3-12-7-9-13(10-8-12)21-16(18-19-20-21)14-5-4-6-15(17)11(14)2/h4-6,12-13H,3,7-10,17H2,1-2H3. The summed E-state index contributed by atoms with van der Waals surface area (Å²) in [6, 6.07) is 6.34. The van der Waals surface area contributed by atoms with Gasteiger partial charge in [-0.15, -0.1) is 5.10 Å². The summed E-state index contributed by atoms with van der Waals surface area (Å²) in [5.41, 5.74) is 8.89. The number of tetrazole rings is 1. The van der Waals surface area contributed by atoms with Crippen molar-refractivity contribution in [1.29, 1.82) is 0 Å². The Kier molecular flexibility index (Phi) is 3.90. The quantitative estimate of drug-likeness (QED) is 0.878. The van der Waals surface area contributed by atoms with Gasteiger partial charge in [-0.25, -0.2) is 4.68 Å². The molecule has 1 aromatic carbocycles. The summed E-state index contributed by atoms with van der Waals surface area (Å²) < 4.78 is 2.01. The third-order valence-electron chi connectivity index (χ3n) is 4.85. The third-order valence-corrected chi connectivity index (χ3v) is 4.85. The first-order valence-corrected chi connectivity index (χ1v) is 7.84. The molecule has 1 heterocycles. The number of hydrogen-bond acceptors (Lipinski definition) is 4. The lowest BCUT2D eigenvalue weighted by Crippen LogP contribution is -2.20. The van der Waals surface area contributed by atoms with E-state index < -0.39 is 0 Å². The summed E-state index contributed by atoms with van der Waals surface area (Å²) in [6.45, 7) is 4.31. The maximum absolute atomic E-state index is 6.01. The molecule has 0 atom stereocenters. The molecule has 1 aliphatic rings. The average Bonchev–Trinajstić information content (AvgIpc) is 2.99. The number of hydrogen-bond donors (Lipinski definition) is 1. The Bertz CT molecular complexity index is 611. The lowest BCUT2D eigenvalue weighted by atomic mass is 9.84. The van der Waals surface area contributed by atoms with Gasteiger partial charge in [0.05, 0.1) is 6.04 Å². The summed E-state index contributed by atoms with van der Waals surface area (Å²) in [6.07, 6.45) is 6.16. The predicted molar refractivity (Wildman–Crippen MR) is 83.7 cm³/mol. The first-order valence-electron chi connectivity index (χ1n) is 7.84. The number of nitrogen functional groups attached to an aromatic ring is 1. The maximum atomic E-state index is 6.01. The van der Waals surface area contributed by atoms with Crippen molar-refractivity contribution in [1.82, 2.24) is 20.2 Å². The molecule has 0 amide bonds. The molecule has 0 spiro atoms. The summed E-state index contributed by atoms with van der Waals surface area (Å²) in [4.78, 5) is 0. The normalized spacial score (nSPS) is 22.4. The number of anilines is 1. The minimum atomic E-state index is 0.415. The Morgan fingerprint density at radius 1 is 1.24 bits per heavy atom. The fourth-order valence-electron chi connectivity index (χ4n) is 3.31. The highest BCUT2D eigenvalue weighted by Crippen LogP contribution is 2.35. The second-order valence-electron chi connectivity index (χ2n) is 6.05. The molecule has 1 fully saturated rings. The Hall–Kier alpha value is -1.91. The van der Waals surface area contributed by atoms with E-state index in [1.54, 1.807) is 0 Å². The summed E-state index contributed by atoms with van der Waals surface area (Å²) in [7, 11) is 0. The molecular formula is C16H23N5. The van der Waals surface area contributed by atoms with Gasteiger partial charge in [-0.1, -0.05) is 25.5 Å². The van der Waals surface area contributed by atoms with Gasteiger partial charge in [0.1, 0.15) is 0 Å². The summed E-state index contributed by atoms with van der Waals surface area (Å²) in [5, 5.41) is 12.4. The van der Waals surface area contributed by atoms with Crippen LogP contribution in [0.2, 0.25) is 0 Å². The van der Waals surface area contributed by atoms with Crippen molar-refractivity contribution < 1.29 is 0 Å². The minimum Gasteiger partial charge on any atom is -0.398 e. The van der Waals surface area contributed by atoms with Gasteiger partial charge in [0.25, 0.3) is 0 Å². The van der Waals surface area contributed by atoms with E-state index in [-0.39, 0.29) is 0 Å². The molecule has 3 rings (SSSR count). The summed E-state index contributed by atoms with van der Waals surface area (Å²) in [5.74, 6) is 1.72. The van der Waals surface area contributed by atoms with Crippen molar-refractivity contribution in [2.45, 2.75) is 52.0 Å². The molecule has 1 aromatic heterocycles. The Labute approximate surface area is 125 Å². The zero-order chi connectivity index (χ0) is 14.8. The SMILES string of the molecule is CCC1CCC(n2nnnc2-c2cccc(N)c2C)CC1. The molecule has 0 bridgehead atoms. The topological polar surface area (TPSA) is 69.6 Å². The first-order chi connectivity index (χ1) is 10.2. The van der Waals surface area contributed by atoms with Crippen LogP contribution in [0.25, 0.3) is 11.4 Å². The van der Waals surface area contributed by atoms with E-state index >= 15 is 0 Å². The molecule has 0 saturated heterocycles. The van der Waals surface area contributed by atoms with Crippen LogP contribution in [0.15, 0.2) is 18.2 Å². The fraction of sp³-hybridized carbons (Fsp3) is 0.562. The zero-order valence-corrected chi connectivity index (χ0v) is 12.8. The second kappa shape index (κ2) is 5.84. The number of benzene rings is 1. The van der Waals surface area contributed by atoms with E-state index in [1.807, 2.05) is 29.8 Å². The van der Waals surface area contributed by atoms with Gasteiger partial charge in [-0.3, -0.25) is 0 Å². The van der Waals surface area contributed by atoms with Crippen molar-refractivity contribution in [3.05, 3.63) is 23.8 Å². The van der Waals surface area contributed by atoms with E-state index in [4.69, 9.17) is 5.73 Å². The highest BCUT2D eigenvalue weighted by Gasteiger charge is 2.25. The van der Waals surface area contributed by atoms with Gasteiger partial charge < -0.3 is 5.73 Å². The molecule has 1 saturated carbocycles. The molecule has 21 heavy (non-hydrogen) atoms. The molecule has 0 unspecified atom stereocenters. The number of nitrogens with zero attached hydrogens (tertiary/aromatic N) is 4. The van der Waals surface area contributed by atoms with Crippen molar-refractivity contribution >= 4 is 5.69 Å². The maximum Gasteiger partial charge on any atom is 0.182 e. The van der Waals surface area contributed by atoms with Gasteiger partial charge >= 0.3 is 0 Å². The largest absolute Gasteiger partial charge is 0.398 e. The fourth-order valence-corrected chi connectivity index (χ4v) is 3.31. The molecule has 112 valence electrons. The highest BCUT2D eigenvalue weighted by molar-refractivity contribution is 5.67. The van der Waals surface area contributed by atoms with Crippen molar-refractivity contribution in [2.24, 2.45) is 5.92 Å². The monoisotopic (exact) mass is 285 g/mol. The zero-order valence-electron chi connectivity index (χ0n) is 12.8. The van der Waals surface area contributed by atoms with Gasteiger partial charge in [-0.05, 0) is 60.6 Å². The van der Waals surface area contributed by atoms with E-state index in [9.17, 15) is 0 Å². The molecule has 5 nitrogen and oxygen atoms in total. The van der Waals surface area contributed by atoms with Crippen molar-refractivity contribution in [3.8, 4) is 11.4 Å². The molecular weight excluding hydrogens is 262 g/mol. The lowest BCUT2D eigenvalue weighted by molar-refractivity contribution is 0.255. The lowest BCUT2D eigenvalue weighted by Gasteiger charge is -2.28. The van der Waals surface area contributed by atoms with Crippen LogP contribution in [-0.4, -0.2) is 20.2 Å². The Morgan fingerprint density at radius 3 is 2.71 bits per heavy atom. The Morgan fingerprint density at radius 2 is 2.00 bits per heavy atom. The van der Waals surface area contributed by atoms with Gasteiger partial charge in [0, 0.05) is 11.3 Å². The molecule has 1 aliphatic carbocycles. The van der Waals surface area contributed by atoms with Crippen LogP contribution >= 0.6 is 0 Å². The predicted octanol–water partition coefficient (Wildman–Crippen LogP) is 3.37. The van der Waals surface area contributed by atoms with Gasteiger partial charge in [0.2, 0.25) is 0 Å². The van der Waals surface area contributed by atoms with Gasteiger partial charge in [0.15, 0.2) is 5.82 Å². The van der Waals surface area contributed by atoms with Crippen LogP contribution in [0.1, 0.15) is 50.6 Å². The highest BCUT2D eigenvalue weighted by atomic mass is 15.5. The van der Waals surface area contributed by atoms with Crippen LogP contribution in [0, 0.1) is 12.8 Å².